The predicted octanol–water partition coefficient (Wildman–Crippen LogP) is 3.88. The van der Waals surface area contributed by atoms with Crippen molar-refractivity contribution in [2.24, 2.45) is 11.1 Å². The summed E-state index contributed by atoms with van der Waals surface area (Å²) in [5.41, 5.74) is 8.01. The molecule has 1 unspecified atom stereocenters. The van der Waals surface area contributed by atoms with E-state index in [2.05, 4.69) is 16.0 Å². The summed E-state index contributed by atoms with van der Waals surface area (Å²) in [5, 5.41) is 8.47. The molecular formula is C21H28N4O2. The summed E-state index contributed by atoms with van der Waals surface area (Å²) in [6.45, 7) is 7.70. The van der Waals surface area contributed by atoms with Gasteiger partial charge in [-0.2, -0.15) is 0 Å². The molecule has 6 heteroatoms. The smallest absolute Gasteiger partial charge is 0.323 e. The molecule has 0 aromatic heterocycles. The number of hydrogen-bond donors (Lipinski definition) is 4. The van der Waals surface area contributed by atoms with Gasteiger partial charge in [0.2, 0.25) is 5.91 Å². The van der Waals surface area contributed by atoms with Gasteiger partial charge in [-0.1, -0.05) is 51.1 Å². The van der Waals surface area contributed by atoms with E-state index >= 15 is 0 Å². The highest BCUT2D eigenvalue weighted by molar-refractivity contribution is 5.99. The summed E-state index contributed by atoms with van der Waals surface area (Å²) in [5.74, 6) is -0.181. The van der Waals surface area contributed by atoms with Gasteiger partial charge in [-0.25, -0.2) is 4.79 Å². The van der Waals surface area contributed by atoms with Crippen LogP contribution in [0.2, 0.25) is 0 Å². The Morgan fingerprint density at radius 1 is 0.889 bits per heavy atom. The molecule has 0 spiro atoms. The lowest BCUT2D eigenvalue weighted by molar-refractivity contribution is -0.125. The molecule has 2 aromatic rings. The number of nitrogens with two attached hydrogens (primary N) is 1. The third kappa shape index (κ3) is 6.11. The second kappa shape index (κ2) is 8.68. The molecule has 144 valence electrons. The maximum absolute atomic E-state index is 12.3. The van der Waals surface area contributed by atoms with Crippen molar-refractivity contribution in [3.63, 3.8) is 0 Å². The normalized spacial score (nSPS) is 13.4. The van der Waals surface area contributed by atoms with Crippen molar-refractivity contribution in [1.29, 1.82) is 0 Å². The number of urea groups is 1. The quantitative estimate of drug-likeness (QED) is 0.645. The standard InChI is InChI=1S/C21H28N4O2/c1-14(23-19(26)18(22)21(2,3)4)15-10-12-17(13-11-15)25-20(27)24-16-8-6-5-7-9-16/h5-14,18H,22H2,1-4H3,(H,23,26)(H2,24,25,27)/t14?,18-/m1/s1. The molecule has 2 atom stereocenters. The van der Waals surface area contributed by atoms with Crippen LogP contribution in [0.25, 0.3) is 0 Å². The number of anilines is 2. The number of benzene rings is 2. The first kappa shape index (κ1) is 20.5. The van der Waals surface area contributed by atoms with Crippen LogP contribution in [0.4, 0.5) is 16.2 Å². The summed E-state index contributed by atoms with van der Waals surface area (Å²) in [4.78, 5) is 24.3. The first-order chi connectivity index (χ1) is 12.7. The summed E-state index contributed by atoms with van der Waals surface area (Å²) >= 11 is 0. The van der Waals surface area contributed by atoms with E-state index in [1.165, 1.54) is 0 Å². The third-order valence-electron chi connectivity index (χ3n) is 4.27. The molecule has 0 aliphatic rings. The Bertz CT molecular complexity index is 767. The van der Waals surface area contributed by atoms with Crippen LogP contribution in [0.3, 0.4) is 0 Å². The average Bonchev–Trinajstić information content (AvgIpc) is 2.61. The molecule has 0 saturated carbocycles. The third-order valence-corrected chi connectivity index (χ3v) is 4.27. The molecule has 0 aliphatic heterocycles. The molecule has 0 heterocycles. The molecule has 3 amide bonds. The minimum Gasteiger partial charge on any atom is -0.348 e. The van der Waals surface area contributed by atoms with Crippen LogP contribution in [0.5, 0.6) is 0 Å². The van der Waals surface area contributed by atoms with E-state index in [1.54, 1.807) is 12.1 Å². The topological polar surface area (TPSA) is 96.2 Å². The van der Waals surface area contributed by atoms with E-state index in [0.29, 0.717) is 5.69 Å². The monoisotopic (exact) mass is 368 g/mol. The Hall–Kier alpha value is -2.86. The van der Waals surface area contributed by atoms with Crippen molar-refractivity contribution >= 4 is 23.3 Å². The van der Waals surface area contributed by atoms with Crippen LogP contribution < -0.4 is 21.7 Å². The van der Waals surface area contributed by atoms with E-state index in [-0.39, 0.29) is 23.4 Å². The summed E-state index contributed by atoms with van der Waals surface area (Å²) in [6, 6.07) is 15.5. The van der Waals surface area contributed by atoms with Crippen molar-refractivity contribution in [1.82, 2.24) is 5.32 Å². The minimum absolute atomic E-state index is 0.181. The lowest BCUT2D eigenvalue weighted by Crippen LogP contribution is -2.49. The molecule has 0 fully saturated rings. The van der Waals surface area contributed by atoms with Crippen LogP contribution in [0.15, 0.2) is 54.6 Å². The van der Waals surface area contributed by atoms with Gasteiger partial charge < -0.3 is 21.7 Å². The Kier molecular flexibility index (Phi) is 6.58. The first-order valence-corrected chi connectivity index (χ1v) is 8.96. The zero-order chi connectivity index (χ0) is 20.0. The molecular weight excluding hydrogens is 340 g/mol. The average molecular weight is 368 g/mol. The molecule has 27 heavy (non-hydrogen) atoms. The van der Waals surface area contributed by atoms with Gasteiger partial charge in [-0.05, 0) is 42.2 Å². The van der Waals surface area contributed by atoms with Crippen LogP contribution in [-0.2, 0) is 4.79 Å². The van der Waals surface area contributed by atoms with Gasteiger partial charge in [0, 0.05) is 11.4 Å². The van der Waals surface area contributed by atoms with Gasteiger partial charge in [0.05, 0.1) is 12.1 Å². The van der Waals surface area contributed by atoms with Crippen molar-refractivity contribution in [2.75, 3.05) is 10.6 Å². The number of nitrogens with one attached hydrogen (secondary N) is 3. The Labute approximate surface area is 160 Å². The number of carbonyl (C=O) groups excluding carboxylic acids is 2. The molecule has 0 bridgehead atoms. The van der Waals surface area contributed by atoms with Gasteiger partial charge in [-0.3, -0.25) is 4.79 Å². The van der Waals surface area contributed by atoms with E-state index < -0.39 is 6.04 Å². The highest BCUT2D eigenvalue weighted by Crippen LogP contribution is 2.20. The van der Waals surface area contributed by atoms with Gasteiger partial charge in [0.15, 0.2) is 0 Å². The Balaban J connectivity index is 1.92. The summed E-state index contributed by atoms with van der Waals surface area (Å²) in [7, 11) is 0. The maximum Gasteiger partial charge on any atom is 0.323 e. The molecule has 2 aromatic carbocycles. The fourth-order valence-electron chi connectivity index (χ4n) is 2.45. The number of para-hydroxylation sites is 1. The second-order valence-corrected chi connectivity index (χ2v) is 7.64. The summed E-state index contributed by atoms with van der Waals surface area (Å²) in [6.07, 6.45) is 0. The summed E-state index contributed by atoms with van der Waals surface area (Å²) < 4.78 is 0. The zero-order valence-corrected chi connectivity index (χ0v) is 16.2. The Morgan fingerprint density at radius 3 is 1.93 bits per heavy atom. The molecule has 5 N–H and O–H groups in total. The highest BCUT2D eigenvalue weighted by Gasteiger charge is 2.28. The van der Waals surface area contributed by atoms with E-state index in [4.69, 9.17) is 5.73 Å². The van der Waals surface area contributed by atoms with Crippen molar-refractivity contribution in [3.8, 4) is 0 Å². The van der Waals surface area contributed by atoms with E-state index in [9.17, 15) is 9.59 Å². The predicted molar refractivity (Wildman–Crippen MR) is 110 cm³/mol. The fourth-order valence-corrected chi connectivity index (χ4v) is 2.45. The van der Waals surface area contributed by atoms with Crippen molar-refractivity contribution in [2.45, 2.75) is 39.8 Å². The first-order valence-electron chi connectivity index (χ1n) is 8.96. The van der Waals surface area contributed by atoms with Gasteiger partial charge in [0.1, 0.15) is 0 Å². The van der Waals surface area contributed by atoms with Crippen molar-refractivity contribution in [3.05, 3.63) is 60.2 Å². The van der Waals surface area contributed by atoms with Gasteiger partial charge in [-0.15, -0.1) is 0 Å². The zero-order valence-electron chi connectivity index (χ0n) is 16.2. The van der Waals surface area contributed by atoms with Gasteiger partial charge >= 0.3 is 6.03 Å². The van der Waals surface area contributed by atoms with Crippen molar-refractivity contribution < 1.29 is 9.59 Å². The molecule has 0 aliphatic carbocycles. The SMILES string of the molecule is CC(NC(=O)[C@@H](N)C(C)(C)C)c1ccc(NC(=O)Nc2ccccc2)cc1. The maximum atomic E-state index is 12.3. The van der Waals surface area contributed by atoms with E-state index in [0.717, 1.165) is 11.3 Å². The van der Waals surface area contributed by atoms with Crippen LogP contribution >= 0.6 is 0 Å². The highest BCUT2D eigenvalue weighted by atomic mass is 16.2. The lowest BCUT2D eigenvalue weighted by atomic mass is 9.86. The molecule has 0 radical (unpaired) electrons. The van der Waals surface area contributed by atoms with Crippen LogP contribution in [0, 0.1) is 5.41 Å². The number of hydrogen-bond acceptors (Lipinski definition) is 3. The largest absolute Gasteiger partial charge is 0.348 e. The number of amides is 3. The van der Waals surface area contributed by atoms with Crippen LogP contribution in [-0.4, -0.2) is 18.0 Å². The minimum atomic E-state index is -0.581. The Morgan fingerprint density at radius 2 is 1.41 bits per heavy atom. The lowest BCUT2D eigenvalue weighted by Gasteiger charge is -2.27. The van der Waals surface area contributed by atoms with E-state index in [1.807, 2.05) is 70.2 Å². The number of rotatable bonds is 5. The second-order valence-electron chi connectivity index (χ2n) is 7.64. The van der Waals surface area contributed by atoms with Gasteiger partial charge in [0.25, 0.3) is 0 Å². The fraction of sp³-hybridized carbons (Fsp3) is 0.333. The molecule has 2 rings (SSSR count). The molecule has 0 saturated heterocycles. The van der Waals surface area contributed by atoms with Crippen LogP contribution in [0.1, 0.15) is 39.3 Å². The molecule has 6 nitrogen and oxygen atoms in total. The number of carbonyl (C=O) groups is 2.